The number of carbonyl (C=O) groups is 3. The van der Waals surface area contributed by atoms with Gasteiger partial charge in [-0.3, -0.25) is 9.59 Å². The molecule has 2 aliphatic rings. The molecule has 0 bridgehead atoms. The molecule has 2 saturated heterocycles. The number of hydrogen-bond acceptors (Lipinski definition) is 3. The van der Waals surface area contributed by atoms with Gasteiger partial charge in [0, 0.05) is 18.7 Å². The zero-order chi connectivity index (χ0) is 16.1. The molecule has 7 heteroatoms. The number of hydrogen-bond donors (Lipinski definition) is 1. The van der Waals surface area contributed by atoms with Gasteiger partial charge in [-0.05, 0) is 38.5 Å². The minimum absolute atomic E-state index is 0.0332. The molecular formula is C15H16ClN3O3. The van der Waals surface area contributed by atoms with Crippen molar-refractivity contribution in [2.45, 2.75) is 32.2 Å². The van der Waals surface area contributed by atoms with Crippen LogP contribution in [-0.4, -0.2) is 29.9 Å². The number of imide groups is 1. The molecule has 2 aliphatic heterocycles. The molecule has 6 nitrogen and oxygen atoms in total. The topological polar surface area (TPSA) is 69.7 Å². The fourth-order valence-electron chi connectivity index (χ4n) is 2.73. The van der Waals surface area contributed by atoms with Crippen LogP contribution in [0.3, 0.4) is 0 Å². The third-order valence-electron chi connectivity index (χ3n) is 3.92. The van der Waals surface area contributed by atoms with E-state index in [0.29, 0.717) is 24.3 Å². The van der Waals surface area contributed by atoms with Gasteiger partial charge in [-0.25, -0.2) is 9.69 Å². The summed E-state index contributed by atoms with van der Waals surface area (Å²) in [6, 6.07) is 4.43. The summed E-state index contributed by atoms with van der Waals surface area (Å²) in [4.78, 5) is 39.0. The number of benzene rings is 1. The predicted molar refractivity (Wildman–Crippen MR) is 83.1 cm³/mol. The van der Waals surface area contributed by atoms with Crippen molar-refractivity contribution >= 4 is 40.8 Å². The van der Waals surface area contributed by atoms with E-state index in [0.717, 1.165) is 11.3 Å². The van der Waals surface area contributed by atoms with Crippen molar-refractivity contribution in [2.24, 2.45) is 0 Å². The van der Waals surface area contributed by atoms with Crippen LogP contribution >= 0.6 is 11.6 Å². The molecule has 0 unspecified atom stereocenters. The first-order valence-electron chi connectivity index (χ1n) is 7.08. The van der Waals surface area contributed by atoms with Gasteiger partial charge in [-0.1, -0.05) is 11.6 Å². The lowest BCUT2D eigenvalue weighted by atomic mass is 10.1. The number of amides is 4. The molecule has 2 fully saturated rings. The summed E-state index contributed by atoms with van der Waals surface area (Å²) in [5.74, 6) is -0.338. The van der Waals surface area contributed by atoms with E-state index < -0.39 is 11.6 Å². The van der Waals surface area contributed by atoms with E-state index in [1.807, 2.05) is 0 Å². The van der Waals surface area contributed by atoms with E-state index >= 15 is 0 Å². The Hall–Kier alpha value is -2.08. The number of urea groups is 1. The monoisotopic (exact) mass is 321 g/mol. The molecule has 2 heterocycles. The average molecular weight is 322 g/mol. The number of halogens is 1. The summed E-state index contributed by atoms with van der Waals surface area (Å²) in [7, 11) is 0. The van der Waals surface area contributed by atoms with Gasteiger partial charge < -0.3 is 10.2 Å². The molecule has 1 aromatic rings. The van der Waals surface area contributed by atoms with Crippen molar-refractivity contribution in [2.75, 3.05) is 16.3 Å². The van der Waals surface area contributed by atoms with Crippen molar-refractivity contribution in [1.82, 2.24) is 5.32 Å². The Labute approximate surface area is 133 Å². The van der Waals surface area contributed by atoms with Crippen LogP contribution in [0.25, 0.3) is 0 Å². The lowest BCUT2D eigenvalue weighted by molar-refractivity contribution is -0.121. The maximum Gasteiger partial charge on any atom is 0.329 e. The molecule has 4 amide bonds. The summed E-state index contributed by atoms with van der Waals surface area (Å²) < 4.78 is 0. The van der Waals surface area contributed by atoms with Gasteiger partial charge in [-0.15, -0.1) is 0 Å². The predicted octanol–water partition coefficient (Wildman–Crippen LogP) is 2.30. The van der Waals surface area contributed by atoms with Crippen LogP contribution in [0.1, 0.15) is 26.7 Å². The maximum atomic E-state index is 12.4. The Kier molecular flexibility index (Phi) is 3.36. The Morgan fingerprint density at radius 3 is 2.50 bits per heavy atom. The summed E-state index contributed by atoms with van der Waals surface area (Å²) in [5, 5.41) is 2.90. The normalized spacial score (nSPS) is 20.8. The molecule has 0 radical (unpaired) electrons. The zero-order valence-electron chi connectivity index (χ0n) is 12.4. The second kappa shape index (κ2) is 4.98. The van der Waals surface area contributed by atoms with Gasteiger partial charge in [-0.2, -0.15) is 0 Å². The standard InChI is InChI=1S/C15H16ClN3O3/c1-15(2)13(21)19(14(22)17-15)11-8-9(5-6-10(11)16)18-7-3-4-12(18)20/h5-6,8H,3-4,7H2,1-2H3,(H,17,22). The first kappa shape index (κ1) is 14.8. The van der Waals surface area contributed by atoms with Crippen LogP contribution in [0.2, 0.25) is 5.02 Å². The Morgan fingerprint density at radius 2 is 1.95 bits per heavy atom. The SMILES string of the molecule is CC1(C)NC(=O)N(c2cc(N3CCCC3=O)ccc2Cl)C1=O. The molecule has 22 heavy (non-hydrogen) atoms. The third kappa shape index (κ3) is 2.23. The van der Waals surface area contributed by atoms with Crippen LogP contribution < -0.4 is 15.1 Å². The van der Waals surface area contributed by atoms with E-state index in [-0.39, 0.29) is 16.8 Å². The van der Waals surface area contributed by atoms with E-state index in [2.05, 4.69) is 5.32 Å². The van der Waals surface area contributed by atoms with Gasteiger partial charge >= 0.3 is 6.03 Å². The molecule has 0 spiro atoms. The van der Waals surface area contributed by atoms with Gasteiger partial charge in [0.15, 0.2) is 0 Å². The Balaban J connectivity index is 2.02. The molecule has 0 saturated carbocycles. The quantitative estimate of drug-likeness (QED) is 0.850. The first-order chi connectivity index (χ1) is 10.3. The average Bonchev–Trinajstić information content (AvgIpc) is 2.94. The fraction of sp³-hybridized carbons (Fsp3) is 0.400. The Bertz CT molecular complexity index is 687. The smallest absolute Gasteiger partial charge is 0.323 e. The molecule has 0 atom stereocenters. The Morgan fingerprint density at radius 1 is 1.23 bits per heavy atom. The molecular weight excluding hydrogens is 306 g/mol. The molecule has 1 aromatic carbocycles. The van der Waals surface area contributed by atoms with E-state index in [4.69, 9.17) is 11.6 Å². The van der Waals surface area contributed by atoms with E-state index in [1.165, 1.54) is 0 Å². The summed E-state index contributed by atoms with van der Waals surface area (Å²) in [5.41, 5.74) is -0.0287. The second-order valence-electron chi connectivity index (χ2n) is 5.98. The highest BCUT2D eigenvalue weighted by Crippen LogP contribution is 2.35. The highest BCUT2D eigenvalue weighted by Gasteiger charge is 2.45. The van der Waals surface area contributed by atoms with Crippen LogP contribution in [-0.2, 0) is 9.59 Å². The van der Waals surface area contributed by atoms with Crippen molar-refractivity contribution in [3.05, 3.63) is 23.2 Å². The maximum absolute atomic E-state index is 12.4. The lowest BCUT2D eigenvalue weighted by Gasteiger charge is -2.21. The highest BCUT2D eigenvalue weighted by molar-refractivity contribution is 6.36. The van der Waals surface area contributed by atoms with E-state index in [1.54, 1.807) is 36.9 Å². The molecule has 0 aromatic heterocycles. The molecule has 3 rings (SSSR count). The molecule has 1 N–H and O–H groups in total. The van der Waals surface area contributed by atoms with E-state index in [9.17, 15) is 14.4 Å². The minimum Gasteiger partial charge on any atom is -0.323 e. The minimum atomic E-state index is -0.972. The summed E-state index contributed by atoms with van der Waals surface area (Å²) in [6.45, 7) is 3.90. The van der Waals surface area contributed by atoms with Crippen LogP contribution in [0.5, 0.6) is 0 Å². The van der Waals surface area contributed by atoms with Gasteiger partial charge in [0.2, 0.25) is 5.91 Å². The van der Waals surface area contributed by atoms with Crippen molar-refractivity contribution < 1.29 is 14.4 Å². The number of rotatable bonds is 2. The van der Waals surface area contributed by atoms with Gasteiger partial charge in [0.1, 0.15) is 5.54 Å². The third-order valence-corrected chi connectivity index (χ3v) is 4.24. The zero-order valence-corrected chi connectivity index (χ0v) is 13.1. The van der Waals surface area contributed by atoms with Gasteiger partial charge in [0.25, 0.3) is 5.91 Å². The molecule has 116 valence electrons. The first-order valence-corrected chi connectivity index (χ1v) is 7.46. The largest absolute Gasteiger partial charge is 0.329 e. The number of nitrogens with one attached hydrogen (secondary N) is 1. The lowest BCUT2D eigenvalue weighted by Crippen LogP contribution is -2.40. The van der Waals surface area contributed by atoms with Crippen molar-refractivity contribution in [1.29, 1.82) is 0 Å². The van der Waals surface area contributed by atoms with Crippen molar-refractivity contribution in [3.63, 3.8) is 0 Å². The van der Waals surface area contributed by atoms with Crippen LogP contribution in [0, 0.1) is 0 Å². The second-order valence-corrected chi connectivity index (χ2v) is 6.39. The van der Waals surface area contributed by atoms with Crippen LogP contribution in [0.15, 0.2) is 18.2 Å². The van der Waals surface area contributed by atoms with Crippen LogP contribution in [0.4, 0.5) is 16.2 Å². The number of anilines is 2. The number of carbonyl (C=O) groups excluding carboxylic acids is 3. The summed E-state index contributed by atoms with van der Waals surface area (Å²) >= 11 is 6.17. The summed E-state index contributed by atoms with van der Waals surface area (Å²) in [6.07, 6.45) is 1.31. The molecule has 0 aliphatic carbocycles. The fourth-order valence-corrected chi connectivity index (χ4v) is 2.93. The number of nitrogens with zero attached hydrogens (tertiary/aromatic N) is 2. The van der Waals surface area contributed by atoms with Gasteiger partial charge in [0.05, 0.1) is 10.7 Å². The highest BCUT2D eigenvalue weighted by atomic mass is 35.5. The van der Waals surface area contributed by atoms with Crippen molar-refractivity contribution in [3.8, 4) is 0 Å².